The SMILES string of the molecule is COc1nc2ccc(SC)cc2cc1Cc1ccccc1. The van der Waals surface area contributed by atoms with Crippen molar-refractivity contribution in [1.29, 1.82) is 0 Å². The van der Waals surface area contributed by atoms with E-state index >= 15 is 0 Å². The van der Waals surface area contributed by atoms with Gasteiger partial charge in [0.05, 0.1) is 12.6 Å². The van der Waals surface area contributed by atoms with E-state index in [1.165, 1.54) is 10.5 Å². The zero-order chi connectivity index (χ0) is 14.7. The highest BCUT2D eigenvalue weighted by Crippen LogP contribution is 2.27. The minimum atomic E-state index is 0.711. The number of benzene rings is 2. The van der Waals surface area contributed by atoms with Crippen LogP contribution < -0.4 is 4.74 Å². The molecule has 0 saturated carbocycles. The standard InChI is InChI=1S/C18H17NOS/c1-20-18-15(10-13-6-4-3-5-7-13)11-14-12-16(21-2)8-9-17(14)19-18/h3-9,11-12H,10H2,1-2H3. The molecule has 21 heavy (non-hydrogen) atoms. The summed E-state index contributed by atoms with van der Waals surface area (Å²) < 4.78 is 5.47. The minimum Gasteiger partial charge on any atom is -0.481 e. The summed E-state index contributed by atoms with van der Waals surface area (Å²) in [4.78, 5) is 5.88. The first-order valence-corrected chi connectivity index (χ1v) is 8.08. The lowest BCUT2D eigenvalue weighted by atomic mass is 10.0. The van der Waals surface area contributed by atoms with E-state index in [2.05, 4.69) is 59.8 Å². The minimum absolute atomic E-state index is 0.711. The maximum Gasteiger partial charge on any atom is 0.217 e. The molecule has 0 unspecified atom stereocenters. The van der Waals surface area contributed by atoms with Crippen molar-refractivity contribution in [3.8, 4) is 5.88 Å². The van der Waals surface area contributed by atoms with E-state index in [-0.39, 0.29) is 0 Å². The van der Waals surface area contributed by atoms with Crippen molar-refractivity contribution in [2.24, 2.45) is 0 Å². The number of thioether (sulfide) groups is 1. The van der Waals surface area contributed by atoms with Crippen LogP contribution in [0.25, 0.3) is 10.9 Å². The molecule has 3 aromatic rings. The number of methoxy groups -OCH3 is 1. The van der Waals surface area contributed by atoms with E-state index < -0.39 is 0 Å². The zero-order valence-corrected chi connectivity index (χ0v) is 13.0. The molecule has 2 aromatic carbocycles. The Hall–Kier alpha value is -2.00. The van der Waals surface area contributed by atoms with Gasteiger partial charge in [0.15, 0.2) is 0 Å². The van der Waals surface area contributed by atoms with Gasteiger partial charge in [-0.15, -0.1) is 11.8 Å². The number of aromatic nitrogens is 1. The van der Waals surface area contributed by atoms with Gasteiger partial charge in [0.25, 0.3) is 0 Å². The molecule has 0 spiro atoms. The van der Waals surface area contributed by atoms with E-state index in [4.69, 9.17) is 4.74 Å². The molecule has 0 aliphatic rings. The summed E-state index contributed by atoms with van der Waals surface area (Å²) in [5, 5.41) is 1.16. The molecular weight excluding hydrogens is 278 g/mol. The number of fused-ring (bicyclic) bond motifs is 1. The lowest BCUT2D eigenvalue weighted by Gasteiger charge is -2.10. The molecule has 2 nitrogen and oxygen atoms in total. The fourth-order valence-corrected chi connectivity index (χ4v) is 2.88. The number of nitrogens with zero attached hydrogens (tertiary/aromatic N) is 1. The molecular formula is C18H17NOS. The molecule has 0 amide bonds. The number of ether oxygens (including phenoxy) is 1. The third-order valence-electron chi connectivity index (χ3n) is 3.49. The van der Waals surface area contributed by atoms with Crippen LogP contribution in [-0.2, 0) is 6.42 Å². The molecule has 0 saturated heterocycles. The van der Waals surface area contributed by atoms with Crippen molar-refractivity contribution >= 4 is 22.7 Å². The number of rotatable bonds is 4. The fourth-order valence-electron chi connectivity index (χ4n) is 2.43. The van der Waals surface area contributed by atoms with Gasteiger partial charge >= 0.3 is 0 Å². The van der Waals surface area contributed by atoms with E-state index in [1.807, 2.05) is 6.07 Å². The topological polar surface area (TPSA) is 22.1 Å². The number of hydrogen-bond acceptors (Lipinski definition) is 3. The summed E-state index contributed by atoms with van der Waals surface area (Å²) in [6, 6.07) is 18.9. The van der Waals surface area contributed by atoms with Gasteiger partial charge in [0.2, 0.25) is 5.88 Å². The second-order valence-electron chi connectivity index (χ2n) is 4.88. The predicted molar refractivity (Wildman–Crippen MR) is 89.3 cm³/mol. The van der Waals surface area contributed by atoms with Gasteiger partial charge in [0, 0.05) is 22.3 Å². The molecule has 0 fully saturated rings. The Bertz CT molecular complexity index is 756. The predicted octanol–water partition coefficient (Wildman–Crippen LogP) is 4.56. The van der Waals surface area contributed by atoms with Crippen LogP contribution in [0.2, 0.25) is 0 Å². The van der Waals surface area contributed by atoms with Crippen molar-refractivity contribution < 1.29 is 4.74 Å². The molecule has 0 radical (unpaired) electrons. The van der Waals surface area contributed by atoms with Crippen LogP contribution >= 0.6 is 11.8 Å². The van der Waals surface area contributed by atoms with Crippen LogP contribution in [-0.4, -0.2) is 18.3 Å². The highest BCUT2D eigenvalue weighted by Gasteiger charge is 2.09. The van der Waals surface area contributed by atoms with Gasteiger partial charge < -0.3 is 4.74 Å². The molecule has 0 atom stereocenters. The summed E-state index contributed by atoms with van der Waals surface area (Å²) in [6.07, 6.45) is 2.92. The second-order valence-corrected chi connectivity index (χ2v) is 5.76. The lowest BCUT2D eigenvalue weighted by Crippen LogP contribution is -1.97. The van der Waals surface area contributed by atoms with Crippen molar-refractivity contribution in [2.45, 2.75) is 11.3 Å². The average molecular weight is 295 g/mol. The van der Waals surface area contributed by atoms with Crippen LogP contribution in [0.5, 0.6) is 5.88 Å². The molecule has 0 aliphatic heterocycles. The zero-order valence-electron chi connectivity index (χ0n) is 12.2. The van der Waals surface area contributed by atoms with Crippen LogP contribution in [0.15, 0.2) is 59.5 Å². The molecule has 0 aliphatic carbocycles. The molecule has 3 heteroatoms. The quantitative estimate of drug-likeness (QED) is 0.659. The molecule has 1 aromatic heterocycles. The van der Waals surface area contributed by atoms with Crippen LogP contribution in [0.4, 0.5) is 0 Å². The Balaban J connectivity index is 2.07. The van der Waals surface area contributed by atoms with E-state index in [1.54, 1.807) is 18.9 Å². The van der Waals surface area contributed by atoms with Crippen molar-refractivity contribution in [1.82, 2.24) is 4.98 Å². The first-order valence-electron chi connectivity index (χ1n) is 6.86. The largest absolute Gasteiger partial charge is 0.481 e. The van der Waals surface area contributed by atoms with Crippen LogP contribution in [0.3, 0.4) is 0 Å². The number of hydrogen-bond donors (Lipinski definition) is 0. The van der Waals surface area contributed by atoms with E-state index in [0.717, 1.165) is 22.9 Å². The summed E-state index contributed by atoms with van der Waals surface area (Å²) in [6.45, 7) is 0. The molecule has 1 heterocycles. The van der Waals surface area contributed by atoms with Gasteiger partial charge in [-0.25, -0.2) is 4.98 Å². The first-order chi connectivity index (χ1) is 10.3. The molecule has 0 bridgehead atoms. The Kier molecular flexibility index (Phi) is 4.11. The number of pyridine rings is 1. The normalized spacial score (nSPS) is 10.8. The molecule has 3 rings (SSSR count). The van der Waals surface area contributed by atoms with Crippen molar-refractivity contribution in [3.63, 3.8) is 0 Å². The maximum absolute atomic E-state index is 5.47. The molecule has 0 N–H and O–H groups in total. The van der Waals surface area contributed by atoms with Crippen molar-refractivity contribution in [3.05, 3.63) is 65.7 Å². The van der Waals surface area contributed by atoms with Gasteiger partial charge in [-0.1, -0.05) is 30.3 Å². The Morgan fingerprint density at radius 3 is 2.57 bits per heavy atom. The third-order valence-corrected chi connectivity index (χ3v) is 4.22. The summed E-state index contributed by atoms with van der Waals surface area (Å²) >= 11 is 1.74. The van der Waals surface area contributed by atoms with Gasteiger partial charge in [-0.2, -0.15) is 0 Å². The smallest absolute Gasteiger partial charge is 0.217 e. The second kappa shape index (κ2) is 6.19. The first kappa shape index (κ1) is 14.0. The average Bonchev–Trinajstić information content (AvgIpc) is 2.54. The van der Waals surface area contributed by atoms with Gasteiger partial charge in [-0.05, 0) is 36.1 Å². The maximum atomic E-state index is 5.47. The summed E-state index contributed by atoms with van der Waals surface area (Å²) in [5.74, 6) is 0.711. The highest BCUT2D eigenvalue weighted by molar-refractivity contribution is 7.98. The fraction of sp³-hybridized carbons (Fsp3) is 0.167. The Morgan fingerprint density at radius 1 is 1.05 bits per heavy atom. The monoisotopic (exact) mass is 295 g/mol. The third kappa shape index (κ3) is 3.03. The van der Waals surface area contributed by atoms with Crippen molar-refractivity contribution in [2.75, 3.05) is 13.4 Å². The van der Waals surface area contributed by atoms with Gasteiger partial charge in [-0.3, -0.25) is 0 Å². The molecule has 106 valence electrons. The van der Waals surface area contributed by atoms with E-state index in [0.29, 0.717) is 5.88 Å². The summed E-state index contributed by atoms with van der Waals surface area (Å²) in [5.41, 5.74) is 3.36. The lowest BCUT2D eigenvalue weighted by molar-refractivity contribution is 0.395. The Morgan fingerprint density at radius 2 is 1.86 bits per heavy atom. The van der Waals surface area contributed by atoms with Gasteiger partial charge in [0.1, 0.15) is 0 Å². The highest BCUT2D eigenvalue weighted by atomic mass is 32.2. The van der Waals surface area contributed by atoms with Crippen LogP contribution in [0, 0.1) is 0 Å². The Labute approximate surface area is 129 Å². The summed E-state index contributed by atoms with van der Waals surface area (Å²) in [7, 11) is 1.68. The van der Waals surface area contributed by atoms with Crippen LogP contribution in [0.1, 0.15) is 11.1 Å². The van der Waals surface area contributed by atoms with E-state index in [9.17, 15) is 0 Å².